The lowest BCUT2D eigenvalue weighted by Crippen LogP contribution is -2.33. The first-order valence-corrected chi connectivity index (χ1v) is 7.79. The van der Waals surface area contributed by atoms with Gasteiger partial charge in [-0.1, -0.05) is 24.6 Å². The van der Waals surface area contributed by atoms with Gasteiger partial charge in [-0.25, -0.2) is 9.97 Å². The van der Waals surface area contributed by atoms with Crippen LogP contribution in [0.4, 0.5) is 0 Å². The average Bonchev–Trinajstić information content (AvgIpc) is 2.86. The second-order valence-corrected chi connectivity index (χ2v) is 6.08. The molecule has 0 saturated heterocycles. The molecule has 19 heavy (non-hydrogen) atoms. The summed E-state index contributed by atoms with van der Waals surface area (Å²) in [5.74, 6) is 0.495. The van der Waals surface area contributed by atoms with Crippen molar-refractivity contribution in [3.63, 3.8) is 0 Å². The molecule has 0 unspecified atom stereocenters. The molecular weight excluding hydrogens is 258 g/mol. The van der Waals surface area contributed by atoms with E-state index in [2.05, 4.69) is 15.3 Å². The molecule has 0 spiro atoms. The van der Waals surface area contributed by atoms with Gasteiger partial charge in [-0.2, -0.15) is 0 Å². The molecule has 104 valence electrons. The van der Waals surface area contributed by atoms with Crippen LogP contribution in [0.3, 0.4) is 0 Å². The van der Waals surface area contributed by atoms with Crippen molar-refractivity contribution in [1.29, 1.82) is 0 Å². The Kier molecular flexibility index (Phi) is 4.80. The summed E-state index contributed by atoms with van der Waals surface area (Å²) >= 11 is 1.41. The summed E-state index contributed by atoms with van der Waals surface area (Å²) in [5.41, 5.74) is 3.11. The molecule has 1 fully saturated rings. The van der Waals surface area contributed by atoms with E-state index in [1.807, 2.05) is 20.8 Å². The van der Waals surface area contributed by atoms with Crippen molar-refractivity contribution in [2.45, 2.75) is 57.7 Å². The molecule has 0 bridgehead atoms. The molecule has 1 amide bonds. The Balaban J connectivity index is 1.86. The standard InChI is InChI=1S/C14H21N3OS/c1-9-10(2)15-14(16-11(9)3)19-8-13(18)17-12-6-4-5-7-12/h12H,4-8H2,1-3H3,(H,17,18). The molecule has 1 heterocycles. The van der Waals surface area contributed by atoms with E-state index in [0.717, 1.165) is 29.8 Å². The average molecular weight is 279 g/mol. The van der Waals surface area contributed by atoms with Crippen molar-refractivity contribution in [3.8, 4) is 0 Å². The Hall–Kier alpha value is -1.10. The zero-order valence-corrected chi connectivity index (χ0v) is 12.6. The number of aryl methyl sites for hydroxylation is 2. The van der Waals surface area contributed by atoms with Crippen LogP contribution in [0, 0.1) is 20.8 Å². The van der Waals surface area contributed by atoms with E-state index < -0.39 is 0 Å². The zero-order chi connectivity index (χ0) is 13.8. The van der Waals surface area contributed by atoms with Crippen LogP contribution in [0.1, 0.15) is 42.6 Å². The number of hydrogen-bond acceptors (Lipinski definition) is 4. The van der Waals surface area contributed by atoms with Crippen molar-refractivity contribution in [2.24, 2.45) is 0 Å². The largest absolute Gasteiger partial charge is 0.353 e. The number of carbonyl (C=O) groups is 1. The second kappa shape index (κ2) is 6.37. The molecule has 1 N–H and O–H groups in total. The maximum Gasteiger partial charge on any atom is 0.230 e. The van der Waals surface area contributed by atoms with Crippen LogP contribution in [-0.2, 0) is 4.79 Å². The van der Waals surface area contributed by atoms with Gasteiger partial charge in [0.1, 0.15) is 0 Å². The smallest absolute Gasteiger partial charge is 0.230 e. The lowest BCUT2D eigenvalue weighted by Gasteiger charge is -2.11. The molecule has 0 atom stereocenters. The Morgan fingerprint density at radius 1 is 1.21 bits per heavy atom. The molecule has 0 radical (unpaired) electrons. The number of amides is 1. The minimum Gasteiger partial charge on any atom is -0.353 e. The molecule has 1 saturated carbocycles. The van der Waals surface area contributed by atoms with Crippen molar-refractivity contribution >= 4 is 17.7 Å². The first-order chi connectivity index (χ1) is 9.06. The third kappa shape index (κ3) is 3.93. The lowest BCUT2D eigenvalue weighted by atomic mass is 10.2. The van der Waals surface area contributed by atoms with E-state index in [1.54, 1.807) is 0 Å². The van der Waals surface area contributed by atoms with Gasteiger partial charge in [0, 0.05) is 17.4 Å². The zero-order valence-electron chi connectivity index (χ0n) is 11.8. The Morgan fingerprint density at radius 2 is 1.79 bits per heavy atom. The fourth-order valence-corrected chi connectivity index (χ4v) is 3.02. The van der Waals surface area contributed by atoms with Gasteiger partial charge in [-0.15, -0.1) is 0 Å². The molecule has 1 aliphatic carbocycles. The van der Waals surface area contributed by atoms with Gasteiger partial charge in [0.15, 0.2) is 5.16 Å². The summed E-state index contributed by atoms with van der Waals surface area (Å²) in [6.07, 6.45) is 4.71. The number of rotatable bonds is 4. The summed E-state index contributed by atoms with van der Waals surface area (Å²) in [6, 6.07) is 0.385. The van der Waals surface area contributed by atoms with Crippen molar-refractivity contribution in [2.75, 3.05) is 5.75 Å². The third-order valence-electron chi connectivity index (χ3n) is 3.66. The molecule has 0 aromatic carbocycles. The minimum absolute atomic E-state index is 0.0939. The summed E-state index contributed by atoms with van der Waals surface area (Å²) in [4.78, 5) is 20.6. The van der Waals surface area contributed by atoms with Crippen LogP contribution in [0.25, 0.3) is 0 Å². The molecular formula is C14H21N3OS. The maximum atomic E-state index is 11.8. The highest BCUT2D eigenvalue weighted by Gasteiger charge is 2.17. The van der Waals surface area contributed by atoms with Crippen LogP contribution >= 0.6 is 11.8 Å². The molecule has 2 rings (SSSR count). The Bertz CT molecular complexity index is 447. The third-order valence-corrected chi connectivity index (χ3v) is 4.51. The first kappa shape index (κ1) is 14.3. The number of nitrogens with zero attached hydrogens (tertiary/aromatic N) is 2. The number of aromatic nitrogens is 2. The number of nitrogens with one attached hydrogen (secondary N) is 1. The summed E-state index contributed by atoms with van der Waals surface area (Å²) in [6.45, 7) is 5.98. The summed E-state index contributed by atoms with van der Waals surface area (Å²) in [5, 5.41) is 3.77. The number of hydrogen-bond donors (Lipinski definition) is 1. The monoisotopic (exact) mass is 279 g/mol. The van der Waals surface area contributed by atoms with E-state index in [0.29, 0.717) is 17.0 Å². The predicted molar refractivity (Wildman–Crippen MR) is 77.4 cm³/mol. The van der Waals surface area contributed by atoms with Gasteiger partial charge >= 0.3 is 0 Å². The van der Waals surface area contributed by atoms with Crippen LogP contribution in [0.5, 0.6) is 0 Å². The van der Waals surface area contributed by atoms with Crippen LogP contribution < -0.4 is 5.32 Å². The molecule has 5 heteroatoms. The topological polar surface area (TPSA) is 54.9 Å². The Labute approximate surface area is 118 Å². The second-order valence-electron chi connectivity index (χ2n) is 5.14. The summed E-state index contributed by atoms with van der Waals surface area (Å²) < 4.78 is 0. The first-order valence-electron chi connectivity index (χ1n) is 6.80. The molecule has 0 aliphatic heterocycles. The van der Waals surface area contributed by atoms with E-state index in [4.69, 9.17) is 0 Å². The van der Waals surface area contributed by atoms with Crippen molar-refractivity contribution in [3.05, 3.63) is 17.0 Å². The van der Waals surface area contributed by atoms with Crippen molar-refractivity contribution < 1.29 is 4.79 Å². The fraction of sp³-hybridized carbons (Fsp3) is 0.643. The van der Waals surface area contributed by atoms with E-state index in [-0.39, 0.29) is 5.91 Å². The van der Waals surface area contributed by atoms with Gasteiger partial charge < -0.3 is 5.32 Å². The van der Waals surface area contributed by atoms with E-state index >= 15 is 0 Å². The van der Waals surface area contributed by atoms with Crippen LogP contribution in [-0.4, -0.2) is 27.7 Å². The molecule has 1 aromatic rings. The van der Waals surface area contributed by atoms with Gasteiger partial charge in [0.25, 0.3) is 0 Å². The van der Waals surface area contributed by atoms with E-state index in [9.17, 15) is 4.79 Å². The SMILES string of the molecule is Cc1nc(SCC(=O)NC2CCCC2)nc(C)c1C. The number of carbonyl (C=O) groups excluding carboxylic acids is 1. The number of thioether (sulfide) groups is 1. The van der Waals surface area contributed by atoms with Gasteiger partial charge in [0.05, 0.1) is 5.75 Å². The highest BCUT2D eigenvalue weighted by molar-refractivity contribution is 7.99. The summed E-state index contributed by atoms with van der Waals surface area (Å²) in [7, 11) is 0. The van der Waals surface area contributed by atoms with Gasteiger partial charge in [-0.3, -0.25) is 4.79 Å². The fourth-order valence-electron chi connectivity index (χ4n) is 2.28. The minimum atomic E-state index is 0.0939. The van der Waals surface area contributed by atoms with Crippen LogP contribution in [0.15, 0.2) is 5.16 Å². The maximum absolute atomic E-state index is 11.8. The molecule has 4 nitrogen and oxygen atoms in total. The lowest BCUT2D eigenvalue weighted by molar-refractivity contribution is -0.119. The normalized spacial score (nSPS) is 15.7. The predicted octanol–water partition coefficient (Wildman–Crippen LogP) is 2.55. The van der Waals surface area contributed by atoms with Gasteiger partial charge in [0.2, 0.25) is 5.91 Å². The molecule has 1 aromatic heterocycles. The van der Waals surface area contributed by atoms with E-state index in [1.165, 1.54) is 24.6 Å². The highest BCUT2D eigenvalue weighted by atomic mass is 32.2. The highest BCUT2D eigenvalue weighted by Crippen LogP contribution is 2.19. The Morgan fingerprint density at radius 3 is 2.37 bits per heavy atom. The van der Waals surface area contributed by atoms with Crippen LogP contribution in [0.2, 0.25) is 0 Å². The van der Waals surface area contributed by atoms with Gasteiger partial charge in [-0.05, 0) is 39.2 Å². The van der Waals surface area contributed by atoms with Crippen molar-refractivity contribution in [1.82, 2.24) is 15.3 Å². The quantitative estimate of drug-likeness (QED) is 0.680. The molecule has 1 aliphatic rings.